The van der Waals surface area contributed by atoms with Crippen molar-refractivity contribution < 1.29 is 13.9 Å². The van der Waals surface area contributed by atoms with Gasteiger partial charge >= 0.3 is 0 Å². The highest BCUT2D eigenvalue weighted by Crippen LogP contribution is 2.28. The van der Waals surface area contributed by atoms with Crippen molar-refractivity contribution in [3.05, 3.63) is 52.3 Å². The second kappa shape index (κ2) is 7.53. The van der Waals surface area contributed by atoms with Gasteiger partial charge in [0.25, 0.3) is 5.91 Å². The first-order valence-electron chi connectivity index (χ1n) is 6.71. The molecule has 0 atom stereocenters. The van der Waals surface area contributed by atoms with Crippen molar-refractivity contribution in [3.8, 4) is 5.75 Å². The third-order valence-corrected chi connectivity index (χ3v) is 3.50. The minimum Gasteiger partial charge on any atom is -0.482 e. The standard InChI is InChI=1S/C16H15Cl2FN2O2/c1-21(2)14-5-4-11(19)8-13(14)20-16(22)9-23-15-6-3-10(17)7-12(15)18/h3-8H,9H2,1-2H3,(H,20,22). The molecule has 0 aliphatic rings. The zero-order chi connectivity index (χ0) is 17.0. The molecule has 2 rings (SSSR count). The molecule has 0 saturated heterocycles. The first-order chi connectivity index (χ1) is 10.9. The largest absolute Gasteiger partial charge is 0.482 e. The molecule has 0 aromatic heterocycles. The molecule has 0 fully saturated rings. The van der Waals surface area contributed by atoms with Gasteiger partial charge < -0.3 is 15.0 Å². The van der Waals surface area contributed by atoms with Crippen molar-refractivity contribution in [1.82, 2.24) is 0 Å². The van der Waals surface area contributed by atoms with Gasteiger partial charge in [0, 0.05) is 19.1 Å². The molecule has 0 bridgehead atoms. The Morgan fingerprint density at radius 3 is 2.61 bits per heavy atom. The summed E-state index contributed by atoms with van der Waals surface area (Å²) in [7, 11) is 3.60. The molecule has 2 aromatic rings. The molecule has 0 radical (unpaired) electrons. The molecule has 0 unspecified atom stereocenters. The zero-order valence-electron chi connectivity index (χ0n) is 12.6. The SMILES string of the molecule is CN(C)c1ccc(F)cc1NC(=O)COc1ccc(Cl)cc1Cl. The maximum atomic E-state index is 13.4. The number of nitrogens with one attached hydrogen (secondary N) is 1. The van der Waals surface area contributed by atoms with E-state index in [0.717, 1.165) is 0 Å². The van der Waals surface area contributed by atoms with E-state index in [-0.39, 0.29) is 6.61 Å². The highest BCUT2D eigenvalue weighted by atomic mass is 35.5. The number of halogens is 3. The smallest absolute Gasteiger partial charge is 0.262 e. The quantitative estimate of drug-likeness (QED) is 0.871. The fraction of sp³-hybridized carbons (Fsp3) is 0.188. The average Bonchev–Trinajstić information content (AvgIpc) is 2.46. The predicted molar refractivity (Wildman–Crippen MR) is 91.3 cm³/mol. The number of ether oxygens (including phenoxy) is 1. The monoisotopic (exact) mass is 356 g/mol. The first-order valence-corrected chi connectivity index (χ1v) is 7.47. The Bertz CT molecular complexity index is 723. The van der Waals surface area contributed by atoms with Gasteiger partial charge in [0.15, 0.2) is 6.61 Å². The molecule has 0 aliphatic carbocycles. The highest BCUT2D eigenvalue weighted by Gasteiger charge is 2.11. The second-order valence-electron chi connectivity index (χ2n) is 4.97. The topological polar surface area (TPSA) is 41.6 Å². The fourth-order valence-electron chi connectivity index (χ4n) is 1.92. The van der Waals surface area contributed by atoms with Crippen molar-refractivity contribution in [2.45, 2.75) is 0 Å². The molecule has 122 valence electrons. The van der Waals surface area contributed by atoms with Crippen LogP contribution < -0.4 is 15.0 Å². The molecule has 23 heavy (non-hydrogen) atoms. The lowest BCUT2D eigenvalue weighted by molar-refractivity contribution is -0.118. The summed E-state index contributed by atoms with van der Waals surface area (Å²) in [5.74, 6) is -0.518. The number of carbonyl (C=O) groups is 1. The summed E-state index contributed by atoms with van der Waals surface area (Å²) in [6, 6.07) is 8.87. The summed E-state index contributed by atoms with van der Waals surface area (Å²) in [6.45, 7) is -0.259. The van der Waals surface area contributed by atoms with Gasteiger partial charge in [-0.25, -0.2) is 4.39 Å². The van der Waals surface area contributed by atoms with Crippen LogP contribution >= 0.6 is 23.2 Å². The van der Waals surface area contributed by atoms with Gasteiger partial charge in [-0.05, 0) is 36.4 Å². The van der Waals surface area contributed by atoms with Crippen LogP contribution in [-0.4, -0.2) is 26.6 Å². The maximum absolute atomic E-state index is 13.4. The van der Waals surface area contributed by atoms with Gasteiger partial charge in [-0.3, -0.25) is 4.79 Å². The molecule has 2 aromatic carbocycles. The van der Waals surface area contributed by atoms with Crippen LogP contribution in [0.2, 0.25) is 10.0 Å². The molecule has 0 heterocycles. The minimum atomic E-state index is -0.437. The summed E-state index contributed by atoms with van der Waals surface area (Å²) in [6.07, 6.45) is 0. The van der Waals surface area contributed by atoms with Crippen LogP contribution in [0.25, 0.3) is 0 Å². The van der Waals surface area contributed by atoms with Crippen LogP contribution in [0.4, 0.5) is 15.8 Å². The van der Waals surface area contributed by atoms with Crippen LogP contribution in [0.15, 0.2) is 36.4 Å². The Balaban J connectivity index is 2.04. The molecule has 1 N–H and O–H groups in total. The fourth-order valence-corrected chi connectivity index (χ4v) is 2.38. The third-order valence-electron chi connectivity index (χ3n) is 2.97. The van der Waals surface area contributed by atoms with Crippen molar-refractivity contribution in [2.75, 3.05) is 30.9 Å². The van der Waals surface area contributed by atoms with E-state index in [1.54, 1.807) is 37.2 Å². The molecule has 0 saturated carbocycles. The van der Waals surface area contributed by atoms with Gasteiger partial charge in [0.1, 0.15) is 11.6 Å². The molecule has 7 heteroatoms. The van der Waals surface area contributed by atoms with E-state index in [1.165, 1.54) is 18.2 Å². The minimum absolute atomic E-state index is 0.259. The van der Waals surface area contributed by atoms with Crippen molar-refractivity contribution in [2.24, 2.45) is 0 Å². The van der Waals surface area contributed by atoms with Crippen molar-refractivity contribution >= 4 is 40.5 Å². The van der Waals surface area contributed by atoms with Gasteiger partial charge in [-0.2, -0.15) is 0 Å². The normalized spacial score (nSPS) is 10.3. The first kappa shape index (κ1) is 17.4. The number of nitrogens with zero attached hydrogens (tertiary/aromatic N) is 1. The van der Waals surface area contributed by atoms with E-state index in [4.69, 9.17) is 27.9 Å². The van der Waals surface area contributed by atoms with Crippen LogP contribution in [0.1, 0.15) is 0 Å². The number of amides is 1. The second-order valence-corrected chi connectivity index (χ2v) is 5.81. The van der Waals surface area contributed by atoms with Crippen LogP contribution in [0.3, 0.4) is 0 Å². The summed E-state index contributed by atoms with van der Waals surface area (Å²) in [5, 5.41) is 3.40. The summed E-state index contributed by atoms with van der Waals surface area (Å²) >= 11 is 11.8. The van der Waals surface area contributed by atoms with Crippen LogP contribution in [0, 0.1) is 5.82 Å². The molecular weight excluding hydrogens is 342 g/mol. The lowest BCUT2D eigenvalue weighted by Crippen LogP contribution is -2.22. The number of benzene rings is 2. The summed E-state index contributed by atoms with van der Waals surface area (Å²) in [4.78, 5) is 13.8. The molecule has 0 spiro atoms. The van der Waals surface area contributed by atoms with E-state index >= 15 is 0 Å². The van der Waals surface area contributed by atoms with E-state index in [2.05, 4.69) is 5.32 Å². The van der Waals surface area contributed by atoms with Crippen molar-refractivity contribution in [1.29, 1.82) is 0 Å². The molecular formula is C16H15Cl2FN2O2. The number of hydrogen-bond donors (Lipinski definition) is 1. The van der Waals surface area contributed by atoms with E-state index in [1.807, 2.05) is 0 Å². The van der Waals surface area contributed by atoms with E-state index in [0.29, 0.717) is 27.2 Å². The van der Waals surface area contributed by atoms with Gasteiger partial charge in [0.2, 0.25) is 0 Å². The lowest BCUT2D eigenvalue weighted by atomic mass is 10.2. The Morgan fingerprint density at radius 1 is 1.22 bits per heavy atom. The Kier molecular flexibility index (Phi) is 5.69. The Labute approximate surface area is 143 Å². The van der Waals surface area contributed by atoms with E-state index < -0.39 is 11.7 Å². The van der Waals surface area contributed by atoms with Gasteiger partial charge in [0.05, 0.1) is 16.4 Å². The van der Waals surface area contributed by atoms with Gasteiger partial charge in [-0.15, -0.1) is 0 Å². The number of rotatable bonds is 5. The highest BCUT2D eigenvalue weighted by molar-refractivity contribution is 6.35. The summed E-state index contributed by atoms with van der Waals surface area (Å²) < 4.78 is 18.7. The number of anilines is 2. The van der Waals surface area contributed by atoms with Crippen LogP contribution in [-0.2, 0) is 4.79 Å². The average molecular weight is 357 g/mol. The van der Waals surface area contributed by atoms with E-state index in [9.17, 15) is 9.18 Å². The summed E-state index contributed by atoms with van der Waals surface area (Å²) in [5.41, 5.74) is 1.05. The van der Waals surface area contributed by atoms with Gasteiger partial charge in [-0.1, -0.05) is 23.2 Å². The molecule has 4 nitrogen and oxygen atoms in total. The Morgan fingerprint density at radius 2 is 1.96 bits per heavy atom. The predicted octanol–water partition coefficient (Wildman–Crippen LogP) is 4.22. The number of hydrogen-bond acceptors (Lipinski definition) is 3. The van der Waals surface area contributed by atoms with Crippen LogP contribution in [0.5, 0.6) is 5.75 Å². The number of carbonyl (C=O) groups excluding carboxylic acids is 1. The van der Waals surface area contributed by atoms with Crippen molar-refractivity contribution in [3.63, 3.8) is 0 Å². The third kappa shape index (κ3) is 4.74. The lowest BCUT2D eigenvalue weighted by Gasteiger charge is -2.18. The maximum Gasteiger partial charge on any atom is 0.262 e. The zero-order valence-corrected chi connectivity index (χ0v) is 14.1. The Hall–Kier alpha value is -1.98. The molecule has 0 aliphatic heterocycles. The molecule has 1 amide bonds.